The van der Waals surface area contributed by atoms with Crippen LogP contribution in [0.25, 0.3) is 10.8 Å². The Morgan fingerprint density at radius 1 is 1.00 bits per heavy atom. The number of carbonyl (C=O) groups is 1. The Hall–Kier alpha value is -2.30. The third kappa shape index (κ3) is 3.43. The molecule has 3 aromatic carbocycles. The number of hydrogen-bond acceptors (Lipinski definition) is 3. The van der Waals surface area contributed by atoms with Gasteiger partial charge < -0.3 is 10.2 Å². The fourth-order valence-electron chi connectivity index (χ4n) is 4.55. The first-order chi connectivity index (χ1) is 13.8. The lowest BCUT2D eigenvalue weighted by molar-refractivity contribution is 0.0921. The van der Waals surface area contributed by atoms with Crippen molar-refractivity contribution in [1.29, 1.82) is 0 Å². The molecule has 142 valence electrons. The van der Waals surface area contributed by atoms with E-state index in [4.69, 9.17) is 0 Å². The Balaban J connectivity index is 1.33. The summed E-state index contributed by atoms with van der Waals surface area (Å²) in [5.41, 5.74) is 2.10. The van der Waals surface area contributed by atoms with E-state index in [1.165, 1.54) is 29.3 Å². The SMILES string of the molecule is O=C(NC1CN2CCC1C2)c1ccccc1SCc1cccc2ccccc12. The van der Waals surface area contributed by atoms with Crippen LogP contribution in [0.3, 0.4) is 0 Å². The van der Waals surface area contributed by atoms with E-state index >= 15 is 0 Å². The molecule has 1 amide bonds. The number of benzene rings is 3. The van der Waals surface area contributed by atoms with Crippen molar-refractivity contribution >= 4 is 28.4 Å². The first-order valence-electron chi connectivity index (χ1n) is 9.99. The zero-order valence-corrected chi connectivity index (χ0v) is 16.6. The summed E-state index contributed by atoms with van der Waals surface area (Å²) in [6.07, 6.45) is 1.21. The lowest BCUT2D eigenvalue weighted by Crippen LogP contribution is -2.43. The molecule has 1 N–H and O–H groups in total. The fraction of sp³-hybridized carbons (Fsp3) is 0.292. The molecular weight excluding hydrogens is 364 g/mol. The van der Waals surface area contributed by atoms with Gasteiger partial charge in [0.1, 0.15) is 0 Å². The van der Waals surface area contributed by atoms with Crippen LogP contribution in [0.5, 0.6) is 0 Å². The maximum Gasteiger partial charge on any atom is 0.252 e. The Labute approximate surface area is 170 Å². The van der Waals surface area contributed by atoms with E-state index in [0.29, 0.717) is 12.0 Å². The van der Waals surface area contributed by atoms with E-state index in [9.17, 15) is 4.79 Å². The van der Waals surface area contributed by atoms with Gasteiger partial charge in [-0.15, -0.1) is 11.8 Å². The van der Waals surface area contributed by atoms with E-state index in [1.807, 2.05) is 18.2 Å². The second-order valence-electron chi connectivity index (χ2n) is 7.81. The third-order valence-electron chi connectivity index (χ3n) is 6.04. The van der Waals surface area contributed by atoms with E-state index in [1.54, 1.807) is 11.8 Å². The summed E-state index contributed by atoms with van der Waals surface area (Å²) in [5.74, 6) is 1.55. The van der Waals surface area contributed by atoms with Crippen LogP contribution in [0, 0.1) is 5.92 Å². The summed E-state index contributed by atoms with van der Waals surface area (Å²) in [7, 11) is 0. The van der Waals surface area contributed by atoms with Gasteiger partial charge in [-0.3, -0.25) is 4.79 Å². The van der Waals surface area contributed by atoms with Gasteiger partial charge in [-0.25, -0.2) is 0 Å². The third-order valence-corrected chi connectivity index (χ3v) is 7.17. The molecule has 0 aliphatic carbocycles. The molecule has 2 fully saturated rings. The van der Waals surface area contributed by atoms with E-state index < -0.39 is 0 Å². The molecule has 3 atom stereocenters. The predicted molar refractivity (Wildman–Crippen MR) is 116 cm³/mol. The Morgan fingerprint density at radius 2 is 1.82 bits per heavy atom. The average molecular weight is 389 g/mol. The molecule has 2 saturated heterocycles. The average Bonchev–Trinajstić information content (AvgIpc) is 3.35. The number of hydrogen-bond donors (Lipinski definition) is 1. The number of nitrogens with zero attached hydrogens (tertiary/aromatic N) is 1. The molecule has 2 bridgehead atoms. The van der Waals surface area contributed by atoms with Crippen molar-refractivity contribution in [2.24, 2.45) is 5.92 Å². The lowest BCUT2D eigenvalue weighted by Gasteiger charge is -2.23. The first kappa shape index (κ1) is 17.8. The quantitative estimate of drug-likeness (QED) is 0.650. The van der Waals surface area contributed by atoms with Crippen LogP contribution >= 0.6 is 11.8 Å². The molecule has 2 aliphatic rings. The van der Waals surface area contributed by atoms with Gasteiger partial charge in [-0.05, 0) is 47.4 Å². The molecular formula is C24H24N2OS. The van der Waals surface area contributed by atoms with E-state index in [-0.39, 0.29) is 5.91 Å². The smallest absolute Gasteiger partial charge is 0.252 e. The van der Waals surface area contributed by atoms with Crippen molar-refractivity contribution in [3.8, 4) is 0 Å². The number of carbonyl (C=O) groups excluding carboxylic acids is 1. The van der Waals surface area contributed by atoms with E-state index in [2.05, 4.69) is 58.7 Å². The molecule has 3 unspecified atom stereocenters. The second-order valence-corrected chi connectivity index (χ2v) is 8.83. The molecule has 0 radical (unpaired) electrons. The highest BCUT2D eigenvalue weighted by Crippen LogP contribution is 2.31. The van der Waals surface area contributed by atoms with Crippen LogP contribution in [-0.4, -0.2) is 36.5 Å². The highest BCUT2D eigenvalue weighted by molar-refractivity contribution is 7.98. The van der Waals surface area contributed by atoms with Crippen molar-refractivity contribution in [3.05, 3.63) is 77.9 Å². The van der Waals surface area contributed by atoms with Gasteiger partial charge in [0.15, 0.2) is 0 Å². The van der Waals surface area contributed by atoms with Crippen LogP contribution in [0.4, 0.5) is 0 Å². The molecule has 2 heterocycles. The molecule has 3 aromatic rings. The van der Waals surface area contributed by atoms with Gasteiger partial charge in [0.05, 0.1) is 5.56 Å². The summed E-state index contributed by atoms with van der Waals surface area (Å²) in [6, 6.07) is 23.2. The normalized spacial score (nSPS) is 23.2. The minimum absolute atomic E-state index is 0.0692. The first-order valence-corrected chi connectivity index (χ1v) is 11.0. The van der Waals surface area contributed by atoms with Crippen molar-refractivity contribution in [2.45, 2.75) is 23.1 Å². The zero-order chi connectivity index (χ0) is 18.9. The minimum Gasteiger partial charge on any atom is -0.348 e. The van der Waals surface area contributed by atoms with Crippen LogP contribution in [0.2, 0.25) is 0 Å². The molecule has 28 heavy (non-hydrogen) atoms. The number of rotatable bonds is 5. The van der Waals surface area contributed by atoms with Crippen molar-refractivity contribution in [3.63, 3.8) is 0 Å². The monoisotopic (exact) mass is 388 g/mol. The van der Waals surface area contributed by atoms with Gasteiger partial charge in [0.25, 0.3) is 5.91 Å². The van der Waals surface area contributed by atoms with Gasteiger partial charge in [0.2, 0.25) is 0 Å². The standard InChI is InChI=1S/C24H24N2OS/c27-24(25-22-15-26-13-12-18(22)14-26)21-10-3-4-11-23(21)28-16-19-8-5-7-17-6-1-2-9-20(17)19/h1-11,18,22H,12-16H2,(H,25,27). The summed E-state index contributed by atoms with van der Waals surface area (Å²) in [5, 5.41) is 5.85. The maximum atomic E-state index is 13.0. The molecule has 0 spiro atoms. The van der Waals surface area contributed by atoms with Gasteiger partial charge in [-0.1, -0.05) is 54.6 Å². The van der Waals surface area contributed by atoms with E-state index in [0.717, 1.165) is 29.3 Å². The largest absolute Gasteiger partial charge is 0.348 e. The Morgan fingerprint density at radius 3 is 2.68 bits per heavy atom. The molecule has 4 heteroatoms. The molecule has 0 saturated carbocycles. The summed E-state index contributed by atoms with van der Waals surface area (Å²) >= 11 is 1.75. The van der Waals surface area contributed by atoms with Crippen molar-refractivity contribution < 1.29 is 4.79 Å². The maximum absolute atomic E-state index is 13.0. The van der Waals surface area contributed by atoms with Crippen molar-refractivity contribution in [2.75, 3.05) is 19.6 Å². The fourth-order valence-corrected chi connectivity index (χ4v) is 5.60. The molecule has 5 rings (SSSR count). The minimum atomic E-state index is 0.0692. The van der Waals surface area contributed by atoms with Crippen LogP contribution < -0.4 is 5.32 Å². The second kappa shape index (κ2) is 7.61. The topological polar surface area (TPSA) is 32.3 Å². The summed E-state index contributed by atoms with van der Waals surface area (Å²) < 4.78 is 0. The summed E-state index contributed by atoms with van der Waals surface area (Å²) in [4.78, 5) is 16.5. The Bertz CT molecular complexity index is 1010. The number of fused-ring (bicyclic) bond motifs is 3. The lowest BCUT2D eigenvalue weighted by atomic mass is 9.99. The highest BCUT2D eigenvalue weighted by atomic mass is 32.2. The van der Waals surface area contributed by atoms with Crippen molar-refractivity contribution in [1.82, 2.24) is 10.2 Å². The van der Waals surface area contributed by atoms with Crippen LogP contribution in [0.15, 0.2) is 71.6 Å². The highest BCUT2D eigenvalue weighted by Gasteiger charge is 2.38. The zero-order valence-electron chi connectivity index (χ0n) is 15.8. The van der Waals surface area contributed by atoms with Crippen LogP contribution in [0.1, 0.15) is 22.3 Å². The number of amides is 1. The van der Waals surface area contributed by atoms with Gasteiger partial charge in [0, 0.05) is 29.8 Å². The number of piperidine rings is 1. The van der Waals surface area contributed by atoms with Gasteiger partial charge in [-0.2, -0.15) is 0 Å². The molecule has 2 aliphatic heterocycles. The number of nitrogens with one attached hydrogen (secondary N) is 1. The molecule has 3 nitrogen and oxygen atoms in total. The predicted octanol–water partition coefficient (Wildman–Crippen LogP) is 4.57. The Kier molecular flexibility index (Phi) is 4.83. The summed E-state index contributed by atoms with van der Waals surface area (Å²) in [6.45, 7) is 3.33. The molecule has 0 aromatic heterocycles. The number of thioether (sulfide) groups is 1. The van der Waals surface area contributed by atoms with Gasteiger partial charge >= 0.3 is 0 Å². The van der Waals surface area contributed by atoms with Crippen LogP contribution in [-0.2, 0) is 5.75 Å².